The Morgan fingerprint density at radius 2 is 1.55 bits per heavy atom. The molecule has 0 unspecified atom stereocenters. The van der Waals surface area contributed by atoms with Crippen LogP contribution in [-0.2, 0) is 20.0 Å². The van der Waals surface area contributed by atoms with Crippen LogP contribution in [0.2, 0.25) is 0 Å². The number of sulfonamides is 2. The third-order valence-electron chi connectivity index (χ3n) is 4.26. The number of amides is 2. The number of hydrogen-bond acceptors (Lipinski definition) is 6. The maximum absolute atomic E-state index is 12.5. The molecule has 0 spiro atoms. The largest absolute Gasteiger partial charge is 0.270 e. The second-order valence-electron chi connectivity index (χ2n) is 6.70. The van der Waals surface area contributed by atoms with E-state index >= 15 is 0 Å². The van der Waals surface area contributed by atoms with Crippen LogP contribution in [0.1, 0.15) is 33.2 Å². The average molecular weight is 469 g/mol. The molecule has 2 aromatic carbocycles. The van der Waals surface area contributed by atoms with Crippen molar-refractivity contribution in [2.24, 2.45) is 0 Å². The lowest BCUT2D eigenvalue weighted by atomic mass is 10.1. The highest BCUT2D eigenvalue weighted by molar-refractivity contribution is 7.89. The van der Waals surface area contributed by atoms with Gasteiger partial charge in [0.1, 0.15) is 0 Å². The Bertz CT molecular complexity index is 1210. The predicted molar refractivity (Wildman–Crippen MR) is 114 cm³/mol. The van der Waals surface area contributed by atoms with E-state index in [1.54, 1.807) is 13.8 Å². The van der Waals surface area contributed by atoms with E-state index in [1.807, 2.05) is 0 Å². The summed E-state index contributed by atoms with van der Waals surface area (Å²) in [7, 11) is -4.75. The van der Waals surface area contributed by atoms with Crippen LogP contribution in [0, 0.1) is 6.92 Å². The maximum atomic E-state index is 12.5. The zero-order valence-corrected chi connectivity index (χ0v) is 19.1. The fourth-order valence-electron chi connectivity index (χ4n) is 2.55. The van der Waals surface area contributed by atoms with Gasteiger partial charge < -0.3 is 0 Å². The molecule has 0 fully saturated rings. The smallest absolute Gasteiger partial charge is 0.267 e. The fourth-order valence-corrected chi connectivity index (χ4v) is 4.56. The zero-order chi connectivity index (χ0) is 23.4. The second-order valence-corrected chi connectivity index (χ2v) is 10.6. The molecule has 0 saturated carbocycles. The Kier molecular flexibility index (Phi) is 7.54. The molecule has 31 heavy (non-hydrogen) atoms. The average Bonchev–Trinajstić information content (AvgIpc) is 2.71. The number of carbonyl (C=O) groups is 2. The van der Waals surface area contributed by atoms with Crippen LogP contribution in [0.5, 0.6) is 0 Å². The topological polar surface area (TPSA) is 142 Å². The van der Waals surface area contributed by atoms with Crippen molar-refractivity contribution in [3.05, 3.63) is 59.2 Å². The molecule has 0 atom stereocenters. The van der Waals surface area contributed by atoms with E-state index in [9.17, 15) is 26.4 Å². The number of hydrogen-bond donors (Lipinski definition) is 3. The summed E-state index contributed by atoms with van der Waals surface area (Å²) in [6, 6.07) is 9.41. The summed E-state index contributed by atoms with van der Waals surface area (Å²) >= 11 is 0. The minimum absolute atomic E-state index is 0.0171. The standard InChI is InChI=1S/C19H24N4O6S2/c1-5-20-30(26,27)15-10-9-13(2)17(12-15)19(25)22-21-18(24)14-7-6-8-16(11-14)31(28,29)23(3)4/h6-12,20H,5H2,1-4H3,(H,21,24)(H,22,25). The highest BCUT2D eigenvalue weighted by Crippen LogP contribution is 2.16. The lowest BCUT2D eigenvalue weighted by molar-refractivity contribution is 0.0846. The first kappa shape index (κ1) is 24.5. The van der Waals surface area contributed by atoms with E-state index in [2.05, 4.69) is 15.6 Å². The number of nitrogens with one attached hydrogen (secondary N) is 3. The van der Waals surface area contributed by atoms with Crippen molar-refractivity contribution in [1.82, 2.24) is 19.9 Å². The third-order valence-corrected chi connectivity index (χ3v) is 7.62. The van der Waals surface area contributed by atoms with Gasteiger partial charge in [-0.25, -0.2) is 25.9 Å². The van der Waals surface area contributed by atoms with Crippen molar-refractivity contribution in [2.45, 2.75) is 23.6 Å². The molecule has 0 bridgehead atoms. The minimum atomic E-state index is -3.76. The highest BCUT2D eigenvalue weighted by Gasteiger charge is 2.20. The van der Waals surface area contributed by atoms with Crippen molar-refractivity contribution in [3.8, 4) is 0 Å². The molecule has 10 nitrogen and oxygen atoms in total. The number of hydrazine groups is 1. The van der Waals surface area contributed by atoms with Crippen LogP contribution in [-0.4, -0.2) is 53.6 Å². The zero-order valence-electron chi connectivity index (χ0n) is 17.5. The molecule has 0 aliphatic heterocycles. The molecule has 3 N–H and O–H groups in total. The number of rotatable bonds is 7. The lowest BCUT2D eigenvalue weighted by Crippen LogP contribution is -2.42. The number of aryl methyl sites for hydroxylation is 1. The molecular formula is C19H24N4O6S2. The summed E-state index contributed by atoms with van der Waals surface area (Å²) in [6.07, 6.45) is 0. The van der Waals surface area contributed by atoms with Crippen LogP contribution in [0.3, 0.4) is 0 Å². The number of nitrogens with zero attached hydrogens (tertiary/aromatic N) is 1. The Hall–Kier alpha value is -2.80. The molecule has 2 amide bonds. The molecule has 0 heterocycles. The van der Waals surface area contributed by atoms with Gasteiger partial charge in [-0.2, -0.15) is 0 Å². The fraction of sp³-hybridized carbons (Fsp3) is 0.263. The van der Waals surface area contributed by atoms with E-state index in [0.29, 0.717) is 5.56 Å². The van der Waals surface area contributed by atoms with Gasteiger partial charge in [0, 0.05) is 31.8 Å². The predicted octanol–water partition coefficient (Wildman–Crippen LogP) is 0.618. The Labute approximate surface area is 181 Å². The van der Waals surface area contributed by atoms with Crippen LogP contribution in [0.4, 0.5) is 0 Å². The van der Waals surface area contributed by atoms with E-state index in [4.69, 9.17) is 0 Å². The van der Waals surface area contributed by atoms with Crippen LogP contribution >= 0.6 is 0 Å². The molecule has 2 aromatic rings. The summed E-state index contributed by atoms with van der Waals surface area (Å²) in [4.78, 5) is 24.7. The van der Waals surface area contributed by atoms with Gasteiger partial charge in [-0.3, -0.25) is 20.4 Å². The molecule has 168 valence electrons. The molecule has 12 heteroatoms. The second kappa shape index (κ2) is 9.56. The molecule has 0 aromatic heterocycles. The van der Waals surface area contributed by atoms with Crippen molar-refractivity contribution in [1.29, 1.82) is 0 Å². The summed E-state index contributed by atoms with van der Waals surface area (Å²) in [6.45, 7) is 3.44. The van der Waals surface area contributed by atoms with E-state index in [-0.39, 0.29) is 27.5 Å². The van der Waals surface area contributed by atoms with Crippen LogP contribution in [0.15, 0.2) is 52.3 Å². The SMILES string of the molecule is CCNS(=O)(=O)c1ccc(C)c(C(=O)NNC(=O)c2cccc(S(=O)(=O)N(C)C)c2)c1. The first-order chi connectivity index (χ1) is 14.4. The summed E-state index contributed by atoms with van der Waals surface area (Å²) < 4.78 is 52.1. The van der Waals surface area contributed by atoms with Crippen molar-refractivity contribution in [3.63, 3.8) is 0 Å². The Morgan fingerprint density at radius 3 is 2.16 bits per heavy atom. The first-order valence-corrected chi connectivity index (χ1v) is 12.1. The van der Waals surface area contributed by atoms with Gasteiger partial charge in [0.05, 0.1) is 9.79 Å². The maximum Gasteiger partial charge on any atom is 0.270 e. The van der Waals surface area contributed by atoms with Crippen molar-refractivity contribution >= 4 is 31.9 Å². The summed E-state index contributed by atoms with van der Waals surface area (Å²) in [5.41, 5.74) is 5.00. The van der Waals surface area contributed by atoms with Gasteiger partial charge in [0.15, 0.2) is 0 Å². The first-order valence-electron chi connectivity index (χ1n) is 9.13. The van der Waals surface area contributed by atoms with Gasteiger partial charge in [-0.05, 0) is 42.8 Å². The molecular weight excluding hydrogens is 444 g/mol. The minimum Gasteiger partial charge on any atom is -0.267 e. The van der Waals surface area contributed by atoms with E-state index < -0.39 is 31.9 Å². The number of carbonyl (C=O) groups excluding carboxylic acids is 2. The summed E-state index contributed by atoms with van der Waals surface area (Å²) in [5, 5.41) is 0. The van der Waals surface area contributed by atoms with Crippen LogP contribution < -0.4 is 15.6 Å². The highest BCUT2D eigenvalue weighted by atomic mass is 32.2. The van der Waals surface area contributed by atoms with Crippen LogP contribution in [0.25, 0.3) is 0 Å². The Morgan fingerprint density at radius 1 is 0.903 bits per heavy atom. The van der Waals surface area contributed by atoms with Gasteiger partial charge in [0.25, 0.3) is 11.8 Å². The summed E-state index contributed by atoms with van der Waals surface area (Å²) in [5.74, 6) is -1.46. The normalized spacial score (nSPS) is 11.9. The monoisotopic (exact) mass is 468 g/mol. The molecule has 0 saturated heterocycles. The number of benzene rings is 2. The van der Waals surface area contributed by atoms with Gasteiger partial charge >= 0.3 is 0 Å². The quantitative estimate of drug-likeness (QED) is 0.509. The van der Waals surface area contributed by atoms with Gasteiger partial charge in [-0.15, -0.1) is 0 Å². The third kappa shape index (κ3) is 5.67. The van der Waals surface area contributed by atoms with Gasteiger partial charge in [0.2, 0.25) is 20.0 Å². The van der Waals surface area contributed by atoms with Crippen molar-refractivity contribution < 1.29 is 26.4 Å². The van der Waals surface area contributed by atoms with E-state index in [1.165, 1.54) is 56.6 Å². The molecule has 0 radical (unpaired) electrons. The lowest BCUT2D eigenvalue weighted by Gasteiger charge is -2.13. The van der Waals surface area contributed by atoms with Gasteiger partial charge in [-0.1, -0.05) is 19.1 Å². The van der Waals surface area contributed by atoms with E-state index in [0.717, 1.165) is 4.31 Å². The Balaban J connectivity index is 2.19. The van der Waals surface area contributed by atoms with Crippen molar-refractivity contribution in [2.75, 3.05) is 20.6 Å². The molecule has 2 rings (SSSR count). The molecule has 0 aliphatic carbocycles. The molecule has 0 aliphatic rings.